The molecule has 0 atom stereocenters. The molecule has 0 aliphatic rings. The highest BCUT2D eigenvalue weighted by Crippen LogP contribution is 2.39. The van der Waals surface area contributed by atoms with E-state index in [1.165, 1.54) is 0 Å². The molecule has 0 radical (unpaired) electrons. The van der Waals surface area contributed by atoms with Crippen molar-refractivity contribution < 1.29 is 8.83 Å². The number of furan rings is 2. The van der Waals surface area contributed by atoms with Gasteiger partial charge in [0.2, 0.25) is 0 Å². The minimum absolute atomic E-state index is 0.905. The maximum absolute atomic E-state index is 5.97. The number of hydrogen-bond acceptors (Lipinski definition) is 2. The Labute approximate surface area is 126 Å². The standard InChI is InChI=1S/C20H12O2/c1-3-9-17-13(6-1)16(12-21-17)14-8-5-11-19-20(14)15-7-2-4-10-18(15)22-19/h1-12H. The van der Waals surface area contributed by atoms with Gasteiger partial charge in [-0.1, -0.05) is 48.5 Å². The third kappa shape index (κ3) is 1.49. The SMILES string of the molecule is c1ccc2c(-c3cccc4oc5ccccc5c34)coc2c1. The van der Waals surface area contributed by atoms with Crippen molar-refractivity contribution in [2.75, 3.05) is 0 Å². The van der Waals surface area contributed by atoms with E-state index in [0.717, 1.165) is 44.0 Å². The molecule has 104 valence electrons. The molecule has 2 heterocycles. The van der Waals surface area contributed by atoms with E-state index in [1.54, 1.807) is 0 Å². The summed E-state index contributed by atoms with van der Waals surface area (Å²) >= 11 is 0. The monoisotopic (exact) mass is 284 g/mol. The fraction of sp³-hybridized carbons (Fsp3) is 0. The molecule has 0 bridgehead atoms. The Hall–Kier alpha value is -3.00. The molecule has 0 unspecified atom stereocenters. The Morgan fingerprint density at radius 1 is 0.545 bits per heavy atom. The third-order valence-corrected chi connectivity index (χ3v) is 4.17. The van der Waals surface area contributed by atoms with Gasteiger partial charge in [0.25, 0.3) is 0 Å². The summed E-state index contributed by atoms with van der Waals surface area (Å²) in [4.78, 5) is 0. The molecule has 5 aromatic rings. The summed E-state index contributed by atoms with van der Waals surface area (Å²) in [6, 6.07) is 22.4. The second kappa shape index (κ2) is 4.25. The van der Waals surface area contributed by atoms with E-state index in [1.807, 2.05) is 54.8 Å². The number of benzene rings is 3. The summed E-state index contributed by atoms with van der Waals surface area (Å²) in [6.45, 7) is 0. The quantitative estimate of drug-likeness (QED) is 0.377. The van der Waals surface area contributed by atoms with Crippen molar-refractivity contribution >= 4 is 32.9 Å². The molecular formula is C20H12O2. The first kappa shape index (κ1) is 11.6. The van der Waals surface area contributed by atoms with Crippen LogP contribution in [0, 0.1) is 0 Å². The van der Waals surface area contributed by atoms with Gasteiger partial charge in [0.05, 0.1) is 6.26 Å². The molecule has 2 aromatic heterocycles. The van der Waals surface area contributed by atoms with Gasteiger partial charge in [-0.05, 0) is 23.8 Å². The van der Waals surface area contributed by atoms with Crippen molar-refractivity contribution in [2.45, 2.75) is 0 Å². The lowest BCUT2D eigenvalue weighted by Crippen LogP contribution is -1.77. The molecule has 0 saturated carbocycles. The van der Waals surface area contributed by atoms with Crippen molar-refractivity contribution in [1.82, 2.24) is 0 Å². The zero-order chi connectivity index (χ0) is 14.5. The van der Waals surface area contributed by atoms with Crippen molar-refractivity contribution in [3.63, 3.8) is 0 Å². The molecule has 0 spiro atoms. The van der Waals surface area contributed by atoms with Crippen LogP contribution in [0.3, 0.4) is 0 Å². The Morgan fingerprint density at radius 3 is 2.18 bits per heavy atom. The zero-order valence-corrected chi connectivity index (χ0v) is 11.7. The Bertz CT molecular complexity index is 1130. The first-order chi connectivity index (χ1) is 10.9. The molecule has 0 saturated heterocycles. The van der Waals surface area contributed by atoms with Crippen LogP contribution in [0.2, 0.25) is 0 Å². The van der Waals surface area contributed by atoms with E-state index in [-0.39, 0.29) is 0 Å². The predicted molar refractivity (Wildman–Crippen MR) is 88.9 cm³/mol. The molecule has 0 N–H and O–H groups in total. The number of fused-ring (bicyclic) bond motifs is 4. The third-order valence-electron chi connectivity index (χ3n) is 4.17. The van der Waals surface area contributed by atoms with Crippen LogP contribution in [0.15, 0.2) is 81.8 Å². The molecule has 0 fully saturated rings. The largest absolute Gasteiger partial charge is 0.464 e. The van der Waals surface area contributed by atoms with E-state index in [2.05, 4.69) is 18.2 Å². The maximum atomic E-state index is 5.97. The molecule has 0 amide bonds. The minimum Gasteiger partial charge on any atom is -0.464 e. The Morgan fingerprint density at radius 2 is 1.27 bits per heavy atom. The van der Waals surface area contributed by atoms with Gasteiger partial charge in [0.15, 0.2) is 0 Å². The van der Waals surface area contributed by atoms with Gasteiger partial charge >= 0.3 is 0 Å². The van der Waals surface area contributed by atoms with Gasteiger partial charge in [-0.3, -0.25) is 0 Å². The Balaban J connectivity index is 1.95. The summed E-state index contributed by atoms with van der Waals surface area (Å²) in [5.74, 6) is 0. The lowest BCUT2D eigenvalue weighted by atomic mass is 9.99. The van der Waals surface area contributed by atoms with E-state index in [0.29, 0.717) is 0 Å². The molecule has 2 heteroatoms. The van der Waals surface area contributed by atoms with E-state index in [4.69, 9.17) is 8.83 Å². The maximum Gasteiger partial charge on any atom is 0.136 e. The molecule has 3 aromatic carbocycles. The first-order valence-corrected chi connectivity index (χ1v) is 7.29. The topological polar surface area (TPSA) is 26.3 Å². The molecule has 0 aliphatic carbocycles. The van der Waals surface area contributed by atoms with Crippen molar-refractivity contribution in [3.05, 3.63) is 73.0 Å². The zero-order valence-electron chi connectivity index (χ0n) is 11.7. The number of rotatable bonds is 1. The minimum atomic E-state index is 0.905. The van der Waals surface area contributed by atoms with Gasteiger partial charge < -0.3 is 8.83 Å². The number of para-hydroxylation sites is 2. The highest BCUT2D eigenvalue weighted by molar-refractivity contribution is 6.14. The summed E-state index contributed by atoms with van der Waals surface area (Å²) in [5, 5.41) is 3.41. The van der Waals surface area contributed by atoms with E-state index >= 15 is 0 Å². The van der Waals surface area contributed by atoms with Crippen LogP contribution in [0.5, 0.6) is 0 Å². The predicted octanol–water partition coefficient (Wildman–Crippen LogP) is 6.00. The molecule has 5 rings (SSSR count). The lowest BCUT2D eigenvalue weighted by Gasteiger charge is -2.01. The van der Waals surface area contributed by atoms with E-state index < -0.39 is 0 Å². The normalized spacial score (nSPS) is 11.6. The number of hydrogen-bond donors (Lipinski definition) is 0. The molecule has 0 aliphatic heterocycles. The van der Waals surface area contributed by atoms with Crippen molar-refractivity contribution in [3.8, 4) is 11.1 Å². The average molecular weight is 284 g/mol. The van der Waals surface area contributed by atoms with Gasteiger partial charge in [0, 0.05) is 21.7 Å². The van der Waals surface area contributed by atoms with Gasteiger partial charge in [-0.2, -0.15) is 0 Å². The highest BCUT2D eigenvalue weighted by atomic mass is 16.3. The fourth-order valence-electron chi connectivity index (χ4n) is 3.19. The van der Waals surface area contributed by atoms with Crippen LogP contribution in [-0.4, -0.2) is 0 Å². The van der Waals surface area contributed by atoms with Gasteiger partial charge in [-0.25, -0.2) is 0 Å². The first-order valence-electron chi connectivity index (χ1n) is 7.29. The summed E-state index contributed by atoms with van der Waals surface area (Å²) < 4.78 is 11.7. The average Bonchev–Trinajstić information content (AvgIpc) is 3.16. The summed E-state index contributed by atoms with van der Waals surface area (Å²) in [7, 11) is 0. The van der Waals surface area contributed by atoms with Gasteiger partial charge in [0.1, 0.15) is 16.7 Å². The van der Waals surface area contributed by atoms with Crippen LogP contribution >= 0.6 is 0 Å². The van der Waals surface area contributed by atoms with Gasteiger partial charge in [-0.15, -0.1) is 0 Å². The van der Waals surface area contributed by atoms with Crippen molar-refractivity contribution in [1.29, 1.82) is 0 Å². The Kier molecular flexibility index (Phi) is 2.25. The van der Waals surface area contributed by atoms with Crippen LogP contribution in [0.1, 0.15) is 0 Å². The molecule has 22 heavy (non-hydrogen) atoms. The van der Waals surface area contributed by atoms with Crippen molar-refractivity contribution in [2.24, 2.45) is 0 Å². The highest BCUT2D eigenvalue weighted by Gasteiger charge is 2.15. The smallest absolute Gasteiger partial charge is 0.136 e. The lowest BCUT2D eigenvalue weighted by molar-refractivity contribution is 0.617. The summed E-state index contributed by atoms with van der Waals surface area (Å²) in [6.07, 6.45) is 1.83. The second-order valence-corrected chi connectivity index (χ2v) is 5.42. The molecule has 2 nitrogen and oxygen atoms in total. The van der Waals surface area contributed by atoms with E-state index in [9.17, 15) is 0 Å². The van der Waals surface area contributed by atoms with Crippen LogP contribution in [0.25, 0.3) is 44.0 Å². The van der Waals surface area contributed by atoms with Crippen LogP contribution in [0.4, 0.5) is 0 Å². The second-order valence-electron chi connectivity index (χ2n) is 5.42. The fourth-order valence-corrected chi connectivity index (χ4v) is 3.19. The molecular weight excluding hydrogens is 272 g/mol. The summed E-state index contributed by atoms with van der Waals surface area (Å²) in [5.41, 5.74) is 4.98. The van der Waals surface area contributed by atoms with Crippen LogP contribution in [-0.2, 0) is 0 Å². The van der Waals surface area contributed by atoms with Crippen LogP contribution < -0.4 is 0 Å².